The Kier molecular flexibility index (Phi) is 1.70. The van der Waals surface area contributed by atoms with Gasteiger partial charge in [0.1, 0.15) is 5.54 Å². The Morgan fingerprint density at radius 1 is 1.42 bits per heavy atom. The molecule has 1 N–H and O–H groups in total. The van der Waals surface area contributed by atoms with Crippen LogP contribution in [-0.2, 0) is 9.59 Å². The minimum absolute atomic E-state index is 0.174. The van der Waals surface area contributed by atoms with Crippen LogP contribution in [0, 0.1) is 0 Å². The first-order valence-corrected chi connectivity index (χ1v) is 3.60. The van der Waals surface area contributed by atoms with Gasteiger partial charge in [-0.1, -0.05) is 6.92 Å². The number of nitrogens with one attached hydrogen (secondary N) is 1. The summed E-state index contributed by atoms with van der Waals surface area (Å²) in [5.41, 5.74) is -1.39. The van der Waals surface area contributed by atoms with Crippen LogP contribution >= 0.6 is 0 Å². The first-order valence-electron chi connectivity index (χ1n) is 3.60. The van der Waals surface area contributed by atoms with E-state index in [1.54, 1.807) is 6.92 Å². The second-order valence-electron chi connectivity index (χ2n) is 3.04. The Morgan fingerprint density at radius 3 is 2.08 bits per heavy atom. The molecule has 0 aliphatic carbocycles. The Labute approximate surface area is 68.1 Å². The zero-order valence-electron chi connectivity index (χ0n) is 6.78. The molecule has 0 spiro atoms. The van der Waals surface area contributed by atoms with Crippen molar-refractivity contribution in [2.75, 3.05) is 0 Å². The number of ketones is 1. The fourth-order valence-electron chi connectivity index (χ4n) is 1.08. The lowest BCUT2D eigenvalue weighted by Crippen LogP contribution is -2.43. The molecule has 1 aliphatic rings. The van der Waals surface area contributed by atoms with Crippen molar-refractivity contribution in [2.24, 2.45) is 0 Å². The first-order chi connectivity index (χ1) is 5.34. The number of hydrogen-bond acceptors (Lipinski definition) is 2. The summed E-state index contributed by atoms with van der Waals surface area (Å²) in [6.07, 6.45) is 0.174. The van der Waals surface area contributed by atoms with Crippen molar-refractivity contribution in [1.29, 1.82) is 0 Å². The molecule has 0 aromatic heterocycles. The van der Waals surface area contributed by atoms with Crippen LogP contribution in [0.3, 0.4) is 0 Å². The summed E-state index contributed by atoms with van der Waals surface area (Å²) >= 11 is 0. The molecule has 5 heteroatoms. The molecule has 1 rings (SSSR count). The molecule has 12 heavy (non-hydrogen) atoms. The van der Waals surface area contributed by atoms with Gasteiger partial charge >= 0.3 is 5.92 Å². The van der Waals surface area contributed by atoms with Gasteiger partial charge in [-0.25, -0.2) is 0 Å². The average Bonchev–Trinajstić information content (AvgIpc) is 2.14. The standard InChI is InChI=1S/C7H9F2NO2/c1-3-6(2)4(11)7(8,9)5(12)10-6/h3H2,1-2H3,(H,10,12). The molecule has 68 valence electrons. The van der Waals surface area contributed by atoms with E-state index in [0.29, 0.717) is 0 Å². The molecular weight excluding hydrogens is 168 g/mol. The third kappa shape index (κ3) is 0.922. The van der Waals surface area contributed by atoms with E-state index in [-0.39, 0.29) is 6.42 Å². The van der Waals surface area contributed by atoms with Gasteiger partial charge in [-0.2, -0.15) is 8.78 Å². The van der Waals surface area contributed by atoms with Gasteiger partial charge in [0.2, 0.25) is 5.78 Å². The van der Waals surface area contributed by atoms with Crippen molar-refractivity contribution in [1.82, 2.24) is 5.32 Å². The number of alkyl halides is 2. The number of amides is 1. The van der Waals surface area contributed by atoms with Gasteiger partial charge in [0.15, 0.2) is 0 Å². The third-order valence-electron chi connectivity index (χ3n) is 2.17. The van der Waals surface area contributed by atoms with Crippen molar-refractivity contribution in [2.45, 2.75) is 31.7 Å². The lowest BCUT2D eigenvalue weighted by molar-refractivity contribution is -0.151. The Morgan fingerprint density at radius 2 is 1.92 bits per heavy atom. The molecule has 1 amide bonds. The van der Waals surface area contributed by atoms with Gasteiger partial charge in [-0.3, -0.25) is 9.59 Å². The lowest BCUT2D eigenvalue weighted by atomic mass is 9.94. The molecular formula is C7H9F2NO2. The fraction of sp³-hybridized carbons (Fsp3) is 0.714. The number of Topliss-reactive ketones (excluding diaryl/α,β-unsaturated/α-hetero) is 1. The predicted molar refractivity (Wildman–Crippen MR) is 36.8 cm³/mol. The monoisotopic (exact) mass is 177 g/mol. The summed E-state index contributed by atoms with van der Waals surface area (Å²) in [7, 11) is 0. The zero-order chi connectivity index (χ0) is 9.57. The van der Waals surface area contributed by atoms with Crippen LogP contribution in [0.25, 0.3) is 0 Å². The summed E-state index contributed by atoms with van der Waals surface area (Å²) in [5, 5.41) is 1.98. The van der Waals surface area contributed by atoms with Crippen LogP contribution in [0.4, 0.5) is 8.78 Å². The maximum Gasteiger partial charge on any atom is 0.383 e. The summed E-state index contributed by atoms with van der Waals surface area (Å²) in [4.78, 5) is 21.6. The molecule has 1 aliphatic heterocycles. The van der Waals surface area contributed by atoms with Crippen LogP contribution in [-0.4, -0.2) is 23.2 Å². The van der Waals surface area contributed by atoms with Gasteiger partial charge in [-0.05, 0) is 13.3 Å². The Hall–Kier alpha value is -1.00. The molecule has 1 fully saturated rings. The molecule has 1 unspecified atom stereocenters. The maximum absolute atomic E-state index is 12.7. The van der Waals surface area contributed by atoms with Crippen molar-refractivity contribution in [3.63, 3.8) is 0 Å². The fourth-order valence-corrected chi connectivity index (χ4v) is 1.08. The SMILES string of the molecule is CCC1(C)NC(=O)C(F)(F)C1=O. The number of hydrogen-bond donors (Lipinski definition) is 1. The van der Waals surface area contributed by atoms with Crippen molar-refractivity contribution < 1.29 is 18.4 Å². The summed E-state index contributed by atoms with van der Waals surface area (Å²) < 4.78 is 25.3. The number of halogens is 2. The van der Waals surface area contributed by atoms with Crippen molar-refractivity contribution >= 4 is 11.7 Å². The highest BCUT2D eigenvalue weighted by Crippen LogP contribution is 2.31. The molecule has 1 atom stereocenters. The number of rotatable bonds is 1. The first kappa shape index (κ1) is 9.09. The van der Waals surface area contributed by atoms with Crippen molar-refractivity contribution in [3.8, 4) is 0 Å². The van der Waals surface area contributed by atoms with E-state index in [1.807, 2.05) is 5.32 Å². The summed E-state index contributed by atoms with van der Waals surface area (Å²) in [6.45, 7) is 2.87. The van der Waals surface area contributed by atoms with E-state index in [4.69, 9.17) is 0 Å². The van der Waals surface area contributed by atoms with E-state index in [1.165, 1.54) is 6.92 Å². The molecule has 0 saturated carbocycles. The minimum Gasteiger partial charge on any atom is -0.338 e. The topological polar surface area (TPSA) is 46.2 Å². The molecule has 1 heterocycles. The Balaban J connectivity index is 3.06. The molecule has 0 radical (unpaired) electrons. The largest absolute Gasteiger partial charge is 0.383 e. The lowest BCUT2D eigenvalue weighted by Gasteiger charge is -2.18. The average molecular weight is 177 g/mol. The predicted octanol–water partition coefficient (Wildman–Crippen LogP) is 0.489. The van der Waals surface area contributed by atoms with E-state index in [9.17, 15) is 18.4 Å². The molecule has 0 aromatic carbocycles. The normalized spacial score (nSPS) is 33.7. The number of carbonyl (C=O) groups is 2. The maximum atomic E-state index is 12.7. The highest BCUT2D eigenvalue weighted by atomic mass is 19.3. The molecule has 3 nitrogen and oxygen atoms in total. The van der Waals surface area contributed by atoms with E-state index in [2.05, 4.69) is 0 Å². The van der Waals surface area contributed by atoms with Gasteiger partial charge in [0.05, 0.1) is 0 Å². The van der Waals surface area contributed by atoms with Crippen molar-refractivity contribution in [3.05, 3.63) is 0 Å². The van der Waals surface area contributed by atoms with Gasteiger partial charge < -0.3 is 5.32 Å². The van der Waals surface area contributed by atoms with E-state index < -0.39 is 23.2 Å². The Bertz CT molecular complexity index is 252. The summed E-state index contributed by atoms with van der Waals surface area (Å²) in [6, 6.07) is 0. The van der Waals surface area contributed by atoms with Crippen LogP contribution in [0.2, 0.25) is 0 Å². The van der Waals surface area contributed by atoms with E-state index >= 15 is 0 Å². The zero-order valence-corrected chi connectivity index (χ0v) is 6.78. The quantitative estimate of drug-likeness (QED) is 0.592. The van der Waals surface area contributed by atoms with Gasteiger partial charge in [-0.15, -0.1) is 0 Å². The molecule has 0 aromatic rings. The van der Waals surface area contributed by atoms with Crippen LogP contribution in [0.15, 0.2) is 0 Å². The second kappa shape index (κ2) is 2.24. The highest BCUT2D eigenvalue weighted by Gasteiger charge is 2.61. The van der Waals surface area contributed by atoms with Gasteiger partial charge in [0.25, 0.3) is 5.91 Å². The smallest absolute Gasteiger partial charge is 0.338 e. The highest BCUT2D eigenvalue weighted by molar-refractivity contribution is 6.17. The van der Waals surface area contributed by atoms with Crippen LogP contribution in [0.5, 0.6) is 0 Å². The summed E-state index contributed by atoms with van der Waals surface area (Å²) in [5.74, 6) is -6.66. The second-order valence-corrected chi connectivity index (χ2v) is 3.04. The number of carbonyl (C=O) groups excluding carboxylic acids is 2. The third-order valence-corrected chi connectivity index (χ3v) is 2.17. The van der Waals surface area contributed by atoms with Gasteiger partial charge in [0, 0.05) is 0 Å². The van der Waals surface area contributed by atoms with Crippen LogP contribution in [0.1, 0.15) is 20.3 Å². The minimum atomic E-state index is -3.84. The van der Waals surface area contributed by atoms with Crippen LogP contribution < -0.4 is 5.32 Å². The molecule has 1 saturated heterocycles. The van der Waals surface area contributed by atoms with E-state index in [0.717, 1.165) is 0 Å². The molecule has 0 bridgehead atoms.